The summed E-state index contributed by atoms with van der Waals surface area (Å²) in [6.45, 7) is 0.220. The molecular weight excluding hydrogens is 309 g/mol. The van der Waals surface area contributed by atoms with Gasteiger partial charge in [0.2, 0.25) is 0 Å². The van der Waals surface area contributed by atoms with Crippen molar-refractivity contribution in [3.63, 3.8) is 0 Å². The first-order valence-electron chi connectivity index (χ1n) is 8.77. The van der Waals surface area contributed by atoms with E-state index in [0.717, 1.165) is 17.9 Å². The first-order valence-corrected chi connectivity index (χ1v) is 8.77. The van der Waals surface area contributed by atoms with E-state index in [1.807, 2.05) is 0 Å². The number of fused-ring (bicyclic) bond motifs is 2. The molecule has 2 bridgehead atoms. The molecule has 2 aliphatic rings. The van der Waals surface area contributed by atoms with Gasteiger partial charge in [0.05, 0.1) is 0 Å². The van der Waals surface area contributed by atoms with Gasteiger partial charge in [-0.2, -0.15) is 0 Å². The fourth-order valence-corrected chi connectivity index (χ4v) is 4.09. The van der Waals surface area contributed by atoms with Crippen LogP contribution in [0.4, 0.5) is 4.39 Å². The van der Waals surface area contributed by atoms with E-state index in [-0.39, 0.29) is 24.3 Å². The maximum absolute atomic E-state index is 12.8. The second-order valence-corrected chi connectivity index (χ2v) is 7.03. The highest BCUT2D eigenvalue weighted by Gasteiger charge is 2.40. The van der Waals surface area contributed by atoms with Crippen LogP contribution in [0, 0.1) is 23.6 Å². The van der Waals surface area contributed by atoms with Gasteiger partial charge in [-0.15, -0.1) is 0 Å². The van der Waals surface area contributed by atoms with E-state index in [9.17, 15) is 14.0 Å². The predicted molar refractivity (Wildman–Crippen MR) is 87.6 cm³/mol. The summed E-state index contributed by atoms with van der Waals surface area (Å²) >= 11 is 0. The molecule has 1 N–H and O–H groups in total. The summed E-state index contributed by atoms with van der Waals surface area (Å²) in [6, 6.07) is 6.18. The molecule has 1 aromatic rings. The molecular formula is C19H24FNO3. The van der Waals surface area contributed by atoms with Crippen LogP contribution in [-0.2, 0) is 20.7 Å². The van der Waals surface area contributed by atoms with E-state index in [2.05, 4.69) is 5.32 Å². The van der Waals surface area contributed by atoms with Crippen molar-refractivity contribution in [2.45, 2.75) is 38.5 Å². The number of amides is 1. The molecule has 0 spiro atoms. The molecule has 2 aliphatic carbocycles. The summed E-state index contributed by atoms with van der Waals surface area (Å²) in [6.07, 6.45) is 6.03. The van der Waals surface area contributed by atoms with Crippen LogP contribution in [0.25, 0.3) is 0 Å². The molecule has 0 aliphatic heterocycles. The van der Waals surface area contributed by atoms with Crippen molar-refractivity contribution in [2.24, 2.45) is 17.8 Å². The van der Waals surface area contributed by atoms with E-state index in [1.165, 1.54) is 31.4 Å². The first-order chi connectivity index (χ1) is 11.6. The molecule has 2 saturated carbocycles. The Kier molecular flexibility index (Phi) is 5.48. The molecule has 1 amide bonds. The van der Waals surface area contributed by atoms with Crippen molar-refractivity contribution >= 4 is 11.9 Å². The van der Waals surface area contributed by atoms with Crippen molar-refractivity contribution in [3.8, 4) is 0 Å². The first kappa shape index (κ1) is 16.9. The number of carbonyl (C=O) groups excluding carboxylic acids is 2. The Morgan fingerprint density at radius 3 is 2.62 bits per heavy atom. The molecule has 0 heterocycles. The standard InChI is InChI=1S/C19H24FNO3/c20-17-5-2-13(3-6-17)7-8-21-18(22)12-24-19(23)11-16-10-14-1-4-15(16)9-14/h2-3,5-6,14-16H,1,4,7-12H2,(H,21,22)/t14-,15+,16-/m0/s1. The lowest BCUT2D eigenvalue weighted by Gasteiger charge is -2.20. The van der Waals surface area contributed by atoms with E-state index >= 15 is 0 Å². The Balaban J connectivity index is 1.29. The zero-order chi connectivity index (χ0) is 16.9. The average Bonchev–Trinajstić information content (AvgIpc) is 3.18. The second-order valence-electron chi connectivity index (χ2n) is 7.03. The van der Waals surface area contributed by atoms with E-state index < -0.39 is 0 Å². The van der Waals surface area contributed by atoms with Gasteiger partial charge in [-0.25, -0.2) is 4.39 Å². The lowest BCUT2D eigenvalue weighted by molar-refractivity contribution is -0.149. The van der Waals surface area contributed by atoms with Gasteiger partial charge >= 0.3 is 5.97 Å². The van der Waals surface area contributed by atoms with Gasteiger partial charge in [-0.05, 0) is 61.1 Å². The number of halogens is 1. The molecule has 24 heavy (non-hydrogen) atoms. The number of ether oxygens (including phenoxy) is 1. The molecule has 3 rings (SSSR count). The molecule has 1 aromatic carbocycles. The molecule has 0 radical (unpaired) electrons. The van der Waals surface area contributed by atoms with E-state index in [1.54, 1.807) is 12.1 Å². The highest BCUT2D eigenvalue weighted by Crippen LogP contribution is 2.49. The summed E-state index contributed by atoms with van der Waals surface area (Å²) < 4.78 is 17.9. The fourth-order valence-electron chi connectivity index (χ4n) is 4.09. The highest BCUT2D eigenvalue weighted by atomic mass is 19.1. The fraction of sp³-hybridized carbons (Fsp3) is 0.579. The van der Waals surface area contributed by atoms with Crippen molar-refractivity contribution in [1.29, 1.82) is 0 Å². The van der Waals surface area contributed by atoms with Gasteiger partial charge < -0.3 is 10.1 Å². The number of benzene rings is 1. The Bertz CT molecular complexity index is 587. The lowest BCUT2D eigenvalue weighted by Crippen LogP contribution is -2.31. The molecule has 3 atom stereocenters. The van der Waals surface area contributed by atoms with Gasteiger partial charge in [0, 0.05) is 13.0 Å². The zero-order valence-electron chi connectivity index (χ0n) is 13.8. The third-order valence-corrected chi connectivity index (χ3v) is 5.33. The van der Waals surface area contributed by atoms with Crippen LogP contribution < -0.4 is 5.32 Å². The Hall–Kier alpha value is -1.91. The number of hydrogen-bond donors (Lipinski definition) is 1. The molecule has 2 fully saturated rings. The van der Waals surface area contributed by atoms with Crippen LogP contribution in [0.2, 0.25) is 0 Å². The van der Waals surface area contributed by atoms with E-state index in [4.69, 9.17) is 4.74 Å². The van der Waals surface area contributed by atoms with Crippen molar-refractivity contribution in [1.82, 2.24) is 5.32 Å². The van der Waals surface area contributed by atoms with E-state index in [0.29, 0.717) is 31.2 Å². The number of nitrogens with one attached hydrogen (secondary N) is 1. The minimum absolute atomic E-state index is 0.219. The van der Waals surface area contributed by atoms with Gasteiger partial charge in [0.1, 0.15) is 5.82 Å². The van der Waals surface area contributed by atoms with Gasteiger partial charge in [-0.3, -0.25) is 9.59 Å². The smallest absolute Gasteiger partial charge is 0.306 e. The Morgan fingerprint density at radius 2 is 1.96 bits per heavy atom. The summed E-state index contributed by atoms with van der Waals surface area (Å²) in [7, 11) is 0. The lowest BCUT2D eigenvalue weighted by atomic mass is 9.86. The Morgan fingerprint density at radius 1 is 1.17 bits per heavy atom. The van der Waals surface area contributed by atoms with Crippen LogP contribution in [0.1, 0.15) is 37.7 Å². The highest BCUT2D eigenvalue weighted by molar-refractivity contribution is 5.80. The molecule has 130 valence electrons. The maximum Gasteiger partial charge on any atom is 0.306 e. The molecule has 5 heteroatoms. The minimum Gasteiger partial charge on any atom is -0.456 e. The largest absolute Gasteiger partial charge is 0.456 e. The molecule has 0 aromatic heterocycles. The number of carbonyl (C=O) groups is 2. The van der Waals surface area contributed by atoms with Crippen molar-refractivity contribution in [3.05, 3.63) is 35.6 Å². The topological polar surface area (TPSA) is 55.4 Å². The van der Waals surface area contributed by atoms with Crippen LogP contribution >= 0.6 is 0 Å². The number of hydrogen-bond acceptors (Lipinski definition) is 3. The quantitative estimate of drug-likeness (QED) is 0.781. The third kappa shape index (κ3) is 4.56. The maximum atomic E-state index is 12.8. The molecule has 0 unspecified atom stereocenters. The summed E-state index contributed by atoms with van der Waals surface area (Å²) in [5.41, 5.74) is 0.949. The Labute approximate surface area is 141 Å². The summed E-state index contributed by atoms with van der Waals surface area (Å²) in [5.74, 6) is 1.12. The average molecular weight is 333 g/mol. The van der Waals surface area contributed by atoms with Crippen molar-refractivity contribution in [2.75, 3.05) is 13.2 Å². The minimum atomic E-state index is -0.293. The summed E-state index contributed by atoms with van der Waals surface area (Å²) in [4.78, 5) is 23.6. The van der Waals surface area contributed by atoms with Crippen LogP contribution in [0.5, 0.6) is 0 Å². The van der Waals surface area contributed by atoms with Crippen LogP contribution in [-0.4, -0.2) is 25.0 Å². The number of esters is 1. The number of rotatable bonds is 7. The second kappa shape index (κ2) is 7.77. The SMILES string of the molecule is O=C(COC(=O)C[C@@H]1C[C@H]2CC[C@@H]1C2)NCCc1ccc(F)cc1. The third-order valence-electron chi connectivity index (χ3n) is 5.33. The van der Waals surface area contributed by atoms with Gasteiger partial charge in [0.15, 0.2) is 6.61 Å². The predicted octanol–water partition coefficient (Wildman–Crippen LogP) is 2.85. The van der Waals surface area contributed by atoms with Crippen molar-refractivity contribution < 1.29 is 18.7 Å². The van der Waals surface area contributed by atoms with Gasteiger partial charge in [0.25, 0.3) is 5.91 Å². The van der Waals surface area contributed by atoms with Gasteiger partial charge in [-0.1, -0.05) is 18.6 Å². The normalized spacial score (nSPS) is 24.8. The molecule has 4 nitrogen and oxygen atoms in total. The zero-order valence-corrected chi connectivity index (χ0v) is 13.8. The molecule has 0 saturated heterocycles. The van der Waals surface area contributed by atoms with Crippen LogP contribution in [0.3, 0.4) is 0 Å². The van der Waals surface area contributed by atoms with Crippen LogP contribution in [0.15, 0.2) is 24.3 Å². The summed E-state index contributed by atoms with van der Waals surface area (Å²) in [5, 5.41) is 2.71. The monoisotopic (exact) mass is 333 g/mol.